The number of nitrogens with one attached hydrogen (secondary N) is 2. The first kappa shape index (κ1) is 18.1. The third-order valence-electron chi connectivity index (χ3n) is 2.95. The second kappa shape index (κ2) is 9.15. The molecule has 22 heavy (non-hydrogen) atoms. The minimum atomic E-state index is -0.730. The Morgan fingerprint density at radius 1 is 1.18 bits per heavy atom. The highest BCUT2D eigenvalue weighted by Crippen LogP contribution is 2.26. The maximum absolute atomic E-state index is 10.3. The molecule has 1 aromatic rings. The normalized spacial score (nSPS) is 13.0. The molecule has 0 fully saturated rings. The number of guanidine groups is 1. The Bertz CT molecular complexity index is 467. The van der Waals surface area contributed by atoms with Gasteiger partial charge in [0.25, 0.3) is 0 Å². The molecule has 0 amide bonds. The fourth-order valence-corrected chi connectivity index (χ4v) is 1.90. The lowest BCUT2D eigenvalue weighted by molar-refractivity contribution is 0.186. The molecule has 6 heteroatoms. The zero-order valence-electron chi connectivity index (χ0n) is 14.0. The smallest absolute Gasteiger partial charge is 0.191 e. The number of methoxy groups -OCH3 is 2. The van der Waals surface area contributed by atoms with Gasteiger partial charge in [0.05, 0.1) is 26.9 Å². The zero-order valence-corrected chi connectivity index (χ0v) is 14.0. The maximum Gasteiger partial charge on any atom is 0.191 e. The molecular formula is C16H27N3O3. The van der Waals surface area contributed by atoms with Crippen LogP contribution >= 0.6 is 0 Å². The van der Waals surface area contributed by atoms with E-state index in [2.05, 4.69) is 15.6 Å². The SMILES string of the molecule is CCNC(=NCC(O)c1cc(OC)cc(OC)c1)NC(C)C. The Balaban J connectivity index is 2.84. The summed E-state index contributed by atoms with van der Waals surface area (Å²) in [6.07, 6.45) is -0.730. The molecule has 124 valence electrons. The number of hydrogen-bond acceptors (Lipinski definition) is 4. The van der Waals surface area contributed by atoms with Gasteiger partial charge >= 0.3 is 0 Å². The number of aliphatic hydroxyl groups excluding tert-OH is 1. The summed E-state index contributed by atoms with van der Waals surface area (Å²) >= 11 is 0. The minimum absolute atomic E-state index is 0.248. The van der Waals surface area contributed by atoms with Crippen molar-refractivity contribution in [2.45, 2.75) is 32.9 Å². The molecule has 0 spiro atoms. The first-order valence-corrected chi connectivity index (χ1v) is 7.46. The lowest BCUT2D eigenvalue weighted by Crippen LogP contribution is -2.41. The predicted molar refractivity (Wildman–Crippen MR) is 88.8 cm³/mol. The molecule has 1 atom stereocenters. The van der Waals surface area contributed by atoms with Gasteiger partial charge in [0, 0.05) is 18.7 Å². The third-order valence-corrected chi connectivity index (χ3v) is 2.95. The van der Waals surface area contributed by atoms with E-state index in [0.29, 0.717) is 23.0 Å². The monoisotopic (exact) mass is 309 g/mol. The molecule has 1 aromatic carbocycles. The molecule has 0 bridgehead atoms. The fraction of sp³-hybridized carbons (Fsp3) is 0.562. The molecule has 0 radical (unpaired) electrons. The van der Waals surface area contributed by atoms with Crippen LogP contribution in [0.15, 0.2) is 23.2 Å². The summed E-state index contributed by atoms with van der Waals surface area (Å²) in [6.45, 7) is 7.09. The van der Waals surface area contributed by atoms with Crippen molar-refractivity contribution in [2.75, 3.05) is 27.3 Å². The van der Waals surface area contributed by atoms with Gasteiger partial charge in [-0.25, -0.2) is 0 Å². The molecule has 0 aromatic heterocycles. The number of nitrogens with zero attached hydrogens (tertiary/aromatic N) is 1. The summed E-state index contributed by atoms with van der Waals surface area (Å²) in [5.74, 6) is 1.97. The Morgan fingerprint density at radius 2 is 1.77 bits per heavy atom. The number of rotatable bonds is 7. The zero-order chi connectivity index (χ0) is 16.5. The Kier molecular flexibility index (Phi) is 7.52. The van der Waals surface area contributed by atoms with Crippen molar-refractivity contribution in [1.29, 1.82) is 0 Å². The van der Waals surface area contributed by atoms with Gasteiger partial charge in [-0.3, -0.25) is 4.99 Å². The van der Waals surface area contributed by atoms with Gasteiger partial charge in [-0.15, -0.1) is 0 Å². The van der Waals surface area contributed by atoms with Gasteiger partial charge in [-0.05, 0) is 38.5 Å². The van der Waals surface area contributed by atoms with Crippen molar-refractivity contribution in [3.8, 4) is 11.5 Å². The minimum Gasteiger partial charge on any atom is -0.497 e. The molecule has 1 rings (SSSR count). The molecule has 6 nitrogen and oxygen atoms in total. The summed E-state index contributed by atoms with van der Waals surface area (Å²) < 4.78 is 10.4. The number of benzene rings is 1. The van der Waals surface area contributed by atoms with Gasteiger partial charge in [0.15, 0.2) is 5.96 Å². The van der Waals surface area contributed by atoms with Crippen LogP contribution in [0.2, 0.25) is 0 Å². The molecule has 0 heterocycles. The molecule has 0 saturated heterocycles. The number of aliphatic imine (C=N–C) groups is 1. The van der Waals surface area contributed by atoms with E-state index in [4.69, 9.17) is 9.47 Å². The van der Waals surface area contributed by atoms with Crippen LogP contribution in [-0.4, -0.2) is 44.4 Å². The van der Waals surface area contributed by atoms with E-state index in [1.165, 1.54) is 0 Å². The molecule has 0 aliphatic carbocycles. The molecule has 0 aliphatic heterocycles. The largest absolute Gasteiger partial charge is 0.497 e. The highest BCUT2D eigenvalue weighted by molar-refractivity contribution is 5.80. The molecule has 0 aliphatic rings. The fourth-order valence-electron chi connectivity index (χ4n) is 1.90. The first-order valence-electron chi connectivity index (χ1n) is 7.46. The van der Waals surface area contributed by atoms with Crippen molar-refractivity contribution < 1.29 is 14.6 Å². The molecular weight excluding hydrogens is 282 g/mol. The van der Waals surface area contributed by atoms with E-state index in [0.717, 1.165) is 6.54 Å². The topological polar surface area (TPSA) is 75.1 Å². The molecule has 0 saturated carbocycles. The summed E-state index contributed by atoms with van der Waals surface area (Å²) in [6, 6.07) is 5.60. The average Bonchev–Trinajstić information content (AvgIpc) is 2.51. The average molecular weight is 309 g/mol. The third kappa shape index (κ3) is 5.81. The van der Waals surface area contributed by atoms with E-state index in [9.17, 15) is 5.11 Å². The Labute approximate surface area is 132 Å². The highest BCUT2D eigenvalue weighted by atomic mass is 16.5. The molecule has 1 unspecified atom stereocenters. The predicted octanol–water partition coefficient (Wildman–Crippen LogP) is 1.70. The number of aliphatic hydroxyl groups is 1. The second-order valence-electron chi connectivity index (χ2n) is 5.18. The number of ether oxygens (including phenoxy) is 2. The van der Waals surface area contributed by atoms with Gasteiger partial charge in [0.1, 0.15) is 11.5 Å². The van der Waals surface area contributed by atoms with E-state index < -0.39 is 6.10 Å². The standard InChI is InChI=1S/C16H27N3O3/c1-6-17-16(19-11(2)3)18-10-15(20)12-7-13(21-4)9-14(8-12)22-5/h7-9,11,15,20H,6,10H2,1-5H3,(H2,17,18,19). The Morgan fingerprint density at radius 3 is 2.23 bits per heavy atom. The van der Waals surface area contributed by atoms with Gasteiger partial charge in [0.2, 0.25) is 0 Å². The van der Waals surface area contributed by atoms with Crippen LogP contribution in [0.5, 0.6) is 11.5 Å². The van der Waals surface area contributed by atoms with E-state index in [1.54, 1.807) is 32.4 Å². The van der Waals surface area contributed by atoms with Crippen LogP contribution < -0.4 is 20.1 Å². The first-order chi connectivity index (χ1) is 10.5. The quantitative estimate of drug-likeness (QED) is 0.528. The van der Waals surface area contributed by atoms with Crippen LogP contribution in [0.1, 0.15) is 32.4 Å². The van der Waals surface area contributed by atoms with Crippen LogP contribution in [0, 0.1) is 0 Å². The lowest BCUT2D eigenvalue weighted by atomic mass is 10.1. The summed E-state index contributed by atoms with van der Waals surface area (Å²) in [7, 11) is 3.16. The van der Waals surface area contributed by atoms with Crippen molar-refractivity contribution in [2.24, 2.45) is 4.99 Å². The highest BCUT2D eigenvalue weighted by Gasteiger charge is 2.11. The second-order valence-corrected chi connectivity index (χ2v) is 5.18. The number of hydrogen-bond donors (Lipinski definition) is 3. The van der Waals surface area contributed by atoms with Gasteiger partial charge in [-0.2, -0.15) is 0 Å². The van der Waals surface area contributed by atoms with Crippen LogP contribution in [-0.2, 0) is 0 Å². The van der Waals surface area contributed by atoms with Crippen LogP contribution in [0.25, 0.3) is 0 Å². The van der Waals surface area contributed by atoms with Crippen molar-refractivity contribution >= 4 is 5.96 Å². The van der Waals surface area contributed by atoms with Crippen LogP contribution in [0.4, 0.5) is 0 Å². The van der Waals surface area contributed by atoms with Crippen molar-refractivity contribution in [1.82, 2.24) is 10.6 Å². The summed E-state index contributed by atoms with van der Waals surface area (Å²) in [5, 5.41) is 16.7. The summed E-state index contributed by atoms with van der Waals surface area (Å²) in [5.41, 5.74) is 0.709. The lowest BCUT2D eigenvalue weighted by Gasteiger charge is -2.16. The summed E-state index contributed by atoms with van der Waals surface area (Å²) in [4.78, 5) is 4.40. The van der Waals surface area contributed by atoms with E-state index >= 15 is 0 Å². The maximum atomic E-state index is 10.3. The molecule has 3 N–H and O–H groups in total. The van der Waals surface area contributed by atoms with E-state index in [1.807, 2.05) is 20.8 Å². The van der Waals surface area contributed by atoms with Crippen molar-refractivity contribution in [3.63, 3.8) is 0 Å². The van der Waals surface area contributed by atoms with Gasteiger partial charge in [-0.1, -0.05) is 0 Å². The van der Waals surface area contributed by atoms with Crippen molar-refractivity contribution in [3.05, 3.63) is 23.8 Å². The Hall–Kier alpha value is -1.95. The van der Waals surface area contributed by atoms with Gasteiger partial charge < -0.3 is 25.2 Å². The van der Waals surface area contributed by atoms with Crippen LogP contribution in [0.3, 0.4) is 0 Å². The van der Waals surface area contributed by atoms with E-state index in [-0.39, 0.29) is 12.6 Å².